The van der Waals surface area contributed by atoms with Gasteiger partial charge in [0.15, 0.2) is 0 Å². The van der Waals surface area contributed by atoms with Crippen LogP contribution in [0.2, 0.25) is 0 Å². The van der Waals surface area contributed by atoms with E-state index in [9.17, 15) is 0 Å². The van der Waals surface area contributed by atoms with Gasteiger partial charge in [0, 0.05) is 12.6 Å². The minimum Gasteiger partial charge on any atom is -0.299 e. The molecule has 0 bridgehead atoms. The number of benzene rings is 2. The van der Waals surface area contributed by atoms with Gasteiger partial charge in [-0.3, -0.25) is 4.90 Å². The fourth-order valence-corrected chi connectivity index (χ4v) is 2.14. The van der Waals surface area contributed by atoms with Gasteiger partial charge in [-0.25, -0.2) is 0 Å². The molecule has 2 aromatic carbocycles. The second-order valence-corrected chi connectivity index (χ2v) is 4.94. The lowest BCUT2D eigenvalue weighted by molar-refractivity contribution is 0.248. The van der Waals surface area contributed by atoms with Crippen molar-refractivity contribution in [1.29, 1.82) is 0 Å². The Kier molecular flexibility index (Phi) is 7.67. The van der Waals surface area contributed by atoms with E-state index in [2.05, 4.69) is 79.5 Å². The fourth-order valence-electron chi connectivity index (χ4n) is 2.14. The predicted molar refractivity (Wildman–Crippen MR) is 88.9 cm³/mol. The highest BCUT2D eigenvalue weighted by Gasteiger charge is 2.09. The molecule has 0 heterocycles. The zero-order valence-electron chi connectivity index (χ0n) is 13.2. The molecule has 0 radical (unpaired) electrons. The summed E-state index contributed by atoms with van der Waals surface area (Å²) in [7, 11) is 2.20. The first kappa shape index (κ1) is 16.5. The van der Waals surface area contributed by atoms with Crippen LogP contribution in [0.1, 0.15) is 31.9 Å². The van der Waals surface area contributed by atoms with Gasteiger partial charge in [-0.05, 0) is 31.5 Å². The molecule has 0 spiro atoms. The van der Waals surface area contributed by atoms with E-state index in [-0.39, 0.29) is 0 Å². The quantitative estimate of drug-likeness (QED) is 0.755. The summed E-state index contributed by atoms with van der Waals surface area (Å²) in [6, 6.07) is 21.9. The summed E-state index contributed by atoms with van der Waals surface area (Å²) in [4.78, 5) is 2.41. The van der Waals surface area contributed by atoms with Gasteiger partial charge in [-0.1, -0.05) is 74.5 Å². The van der Waals surface area contributed by atoms with Crippen molar-refractivity contribution >= 4 is 0 Å². The van der Waals surface area contributed by atoms with Gasteiger partial charge in [0.2, 0.25) is 0 Å². The Bertz CT molecular complexity index is 404. The molecule has 0 aliphatic carbocycles. The predicted octanol–water partition coefficient (Wildman–Crippen LogP) is 4.78. The molecule has 0 N–H and O–H groups in total. The zero-order chi connectivity index (χ0) is 14.8. The molecule has 20 heavy (non-hydrogen) atoms. The Balaban J connectivity index is 0.000000956. The molecule has 0 aliphatic rings. The van der Waals surface area contributed by atoms with Crippen molar-refractivity contribution in [2.75, 3.05) is 7.05 Å². The minimum atomic E-state index is 0.549. The van der Waals surface area contributed by atoms with Gasteiger partial charge >= 0.3 is 0 Å². The van der Waals surface area contributed by atoms with E-state index in [0.29, 0.717) is 6.04 Å². The normalized spacial score (nSPS) is 11.7. The van der Waals surface area contributed by atoms with E-state index in [4.69, 9.17) is 0 Å². The van der Waals surface area contributed by atoms with Crippen molar-refractivity contribution in [3.8, 4) is 0 Å². The molecule has 2 rings (SSSR count). The highest BCUT2D eigenvalue weighted by Crippen LogP contribution is 2.10. The monoisotopic (exact) mass is 269 g/mol. The molecular weight excluding hydrogens is 242 g/mol. The van der Waals surface area contributed by atoms with Crippen molar-refractivity contribution in [2.24, 2.45) is 0 Å². The van der Waals surface area contributed by atoms with E-state index in [1.807, 2.05) is 13.8 Å². The van der Waals surface area contributed by atoms with Gasteiger partial charge in [-0.15, -0.1) is 0 Å². The number of hydrogen-bond donors (Lipinski definition) is 0. The number of rotatable bonds is 5. The molecule has 0 aromatic heterocycles. The Morgan fingerprint density at radius 2 is 1.25 bits per heavy atom. The van der Waals surface area contributed by atoms with Gasteiger partial charge in [-0.2, -0.15) is 0 Å². The SMILES string of the molecule is CC.CC(Cc1ccccc1)N(C)Cc1ccccc1. The third kappa shape index (κ3) is 5.58. The van der Waals surface area contributed by atoms with Crippen LogP contribution >= 0.6 is 0 Å². The van der Waals surface area contributed by atoms with E-state index in [1.165, 1.54) is 11.1 Å². The summed E-state index contributed by atoms with van der Waals surface area (Å²) in [5.41, 5.74) is 2.78. The average molecular weight is 269 g/mol. The molecule has 0 aliphatic heterocycles. The maximum Gasteiger partial charge on any atom is 0.0233 e. The highest BCUT2D eigenvalue weighted by molar-refractivity contribution is 5.17. The molecule has 0 saturated heterocycles. The molecule has 0 fully saturated rings. The van der Waals surface area contributed by atoms with Gasteiger partial charge < -0.3 is 0 Å². The van der Waals surface area contributed by atoms with Crippen LogP contribution in [0.5, 0.6) is 0 Å². The molecule has 1 atom stereocenters. The van der Waals surface area contributed by atoms with Crippen LogP contribution in [-0.2, 0) is 13.0 Å². The molecule has 1 nitrogen and oxygen atoms in total. The van der Waals surface area contributed by atoms with Gasteiger partial charge in [0.05, 0.1) is 0 Å². The van der Waals surface area contributed by atoms with Crippen molar-refractivity contribution in [3.05, 3.63) is 71.8 Å². The van der Waals surface area contributed by atoms with Crippen molar-refractivity contribution in [3.63, 3.8) is 0 Å². The van der Waals surface area contributed by atoms with Crippen LogP contribution in [-0.4, -0.2) is 18.0 Å². The van der Waals surface area contributed by atoms with Crippen LogP contribution in [0.25, 0.3) is 0 Å². The summed E-state index contributed by atoms with van der Waals surface area (Å²) >= 11 is 0. The van der Waals surface area contributed by atoms with Gasteiger partial charge in [0.1, 0.15) is 0 Å². The molecule has 108 valence electrons. The summed E-state index contributed by atoms with van der Waals surface area (Å²) in [5.74, 6) is 0. The van der Waals surface area contributed by atoms with Crippen molar-refractivity contribution in [2.45, 2.75) is 39.8 Å². The molecule has 0 saturated carbocycles. The van der Waals surface area contributed by atoms with E-state index < -0.39 is 0 Å². The summed E-state index contributed by atoms with van der Waals surface area (Å²) in [5, 5.41) is 0. The first-order chi connectivity index (χ1) is 9.75. The number of likely N-dealkylation sites (N-methyl/N-ethyl adjacent to an activating group) is 1. The largest absolute Gasteiger partial charge is 0.299 e. The molecule has 2 aromatic rings. The number of nitrogens with zero attached hydrogens (tertiary/aromatic N) is 1. The Morgan fingerprint density at radius 3 is 1.75 bits per heavy atom. The number of hydrogen-bond acceptors (Lipinski definition) is 1. The maximum atomic E-state index is 2.41. The standard InChI is InChI=1S/C17H21N.C2H6/c1-15(13-16-9-5-3-6-10-16)18(2)14-17-11-7-4-8-12-17;1-2/h3-12,15H,13-14H2,1-2H3;1-2H3. The molecule has 0 amide bonds. The van der Waals surface area contributed by atoms with E-state index in [0.717, 1.165) is 13.0 Å². The van der Waals surface area contributed by atoms with Crippen LogP contribution in [0.4, 0.5) is 0 Å². The van der Waals surface area contributed by atoms with Crippen LogP contribution in [0.15, 0.2) is 60.7 Å². The van der Waals surface area contributed by atoms with E-state index in [1.54, 1.807) is 0 Å². The Labute approximate surface area is 124 Å². The third-order valence-electron chi connectivity index (χ3n) is 3.40. The lowest BCUT2D eigenvalue weighted by Crippen LogP contribution is -2.30. The second kappa shape index (κ2) is 9.33. The summed E-state index contributed by atoms with van der Waals surface area (Å²) in [6.45, 7) is 7.30. The Morgan fingerprint density at radius 1 is 0.800 bits per heavy atom. The fraction of sp³-hybridized carbons (Fsp3) is 0.368. The van der Waals surface area contributed by atoms with Crippen molar-refractivity contribution in [1.82, 2.24) is 4.90 Å². The Hall–Kier alpha value is -1.60. The summed E-state index contributed by atoms with van der Waals surface area (Å²) < 4.78 is 0. The third-order valence-corrected chi connectivity index (χ3v) is 3.40. The molecule has 1 heteroatoms. The topological polar surface area (TPSA) is 3.24 Å². The first-order valence-electron chi connectivity index (χ1n) is 7.54. The van der Waals surface area contributed by atoms with Crippen molar-refractivity contribution < 1.29 is 0 Å². The maximum absolute atomic E-state index is 2.41. The molecule has 1 unspecified atom stereocenters. The van der Waals surface area contributed by atoms with Crippen LogP contribution in [0.3, 0.4) is 0 Å². The highest BCUT2D eigenvalue weighted by atomic mass is 15.1. The first-order valence-corrected chi connectivity index (χ1v) is 7.54. The lowest BCUT2D eigenvalue weighted by Gasteiger charge is -2.24. The average Bonchev–Trinajstić information content (AvgIpc) is 2.51. The van der Waals surface area contributed by atoms with E-state index >= 15 is 0 Å². The minimum absolute atomic E-state index is 0.549. The van der Waals surface area contributed by atoms with Crippen LogP contribution < -0.4 is 0 Å². The second-order valence-electron chi connectivity index (χ2n) is 4.94. The van der Waals surface area contributed by atoms with Gasteiger partial charge in [0.25, 0.3) is 0 Å². The smallest absolute Gasteiger partial charge is 0.0233 e. The van der Waals surface area contributed by atoms with Crippen LogP contribution in [0, 0.1) is 0 Å². The summed E-state index contributed by atoms with van der Waals surface area (Å²) in [6.07, 6.45) is 1.10. The lowest BCUT2D eigenvalue weighted by atomic mass is 10.1. The molecular formula is C19H27N. The zero-order valence-corrected chi connectivity index (χ0v) is 13.2.